The van der Waals surface area contributed by atoms with Crippen molar-refractivity contribution in [1.29, 1.82) is 0 Å². The third kappa shape index (κ3) is 4.28. The van der Waals surface area contributed by atoms with Crippen molar-refractivity contribution in [2.45, 2.75) is 57.6 Å². The van der Waals surface area contributed by atoms with E-state index in [9.17, 15) is 23.1 Å². The highest BCUT2D eigenvalue weighted by Crippen LogP contribution is 2.41. The minimum absolute atomic E-state index is 0.0868. The van der Waals surface area contributed by atoms with Gasteiger partial charge >= 0.3 is 6.18 Å². The second-order valence-electron chi connectivity index (χ2n) is 7.80. The molecule has 1 unspecified atom stereocenters. The molecule has 0 saturated carbocycles. The lowest BCUT2D eigenvalue weighted by Gasteiger charge is -2.27. The van der Waals surface area contributed by atoms with Crippen molar-refractivity contribution >= 4 is 22.4 Å². The number of anilines is 1. The largest absolute Gasteiger partial charge is 0.399 e. The van der Waals surface area contributed by atoms with Crippen LogP contribution in [0.15, 0.2) is 18.3 Å². The number of aryl methyl sites for hydroxylation is 1. The molecule has 2 aromatic heterocycles. The van der Waals surface area contributed by atoms with E-state index in [1.54, 1.807) is 17.9 Å². The fourth-order valence-electron chi connectivity index (χ4n) is 3.37. The van der Waals surface area contributed by atoms with Crippen molar-refractivity contribution in [3.63, 3.8) is 0 Å². The molecule has 0 spiro atoms. The number of hydrogen-bond donors (Lipinski definition) is 3. The first-order chi connectivity index (χ1) is 13.9. The summed E-state index contributed by atoms with van der Waals surface area (Å²) in [4.78, 5) is 22.1. The summed E-state index contributed by atoms with van der Waals surface area (Å²) in [6.07, 6.45) is -2.93. The number of nitrogens with zero attached hydrogens (tertiary/aromatic N) is 3. The molecule has 2 aromatic rings. The van der Waals surface area contributed by atoms with Gasteiger partial charge in [0.05, 0.1) is 22.3 Å². The summed E-state index contributed by atoms with van der Waals surface area (Å²) in [5, 5.41) is 13.7. The van der Waals surface area contributed by atoms with Gasteiger partial charge in [-0.05, 0) is 51.3 Å². The zero-order valence-electron chi connectivity index (χ0n) is 16.8. The first kappa shape index (κ1) is 22.4. The standard InChI is InChI=1S/C19H24F3N5O2S/c1-10-14(11-6-7-24-13(9-11)18(2,3)19(20,21)22)30-16(25-10)26-17(29)27-8-4-5-12(27)15(23)28/h6-7,9,12,17,29H,4-5,8H2,1-3H3,(H2,23,28)(H,25,26)/t12-,17?/m0/s1. The molecule has 0 radical (unpaired) electrons. The fraction of sp³-hybridized carbons (Fsp3) is 0.526. The average Bonchev–Trinajstić information content (AvgIpc) is 3.28. The third-order valence-corrected chi connectivity index (χ3v) is 6.49. The molecule has 1 aliphatic heterocycles. The second kappa shape index (κ2) is 8.12. The highest BCUT2D eigenvalue weighted by Gasteiger charge is 2.49. The number of primary amides is 1. The van der Waals surface area contributed by atoms with Crippen LogP contribution in [0.4, 0.5) is 18.3 Å². The lowest BCUT2D eigenvalue weighted by Crippen LogP contribution is -2.49. The summed E-state index contributed by atoms with van der Waals surface area (Å²) < 4.78 is 40.2. The van der Waals surface area contributed by atoms with Gasteiger partial charge in [-0.1, -0.05) is 11.3 Å². The predicted molar refractivity (Wildman–Crippen MR) is 108 cm³/mol. The van der Waals surface area contributed by atoms with Crippen LogP contribution in [0.3, 0.4) is 0 Å². The van der Waals surface area contributed by atoms with Crippen molar-refractivity contribution in [2.24, 2.45) is 5.73 Å². The number of aliphatic hydroxyl groups excluding tert-OH is 1. The number of pyridine rings is 1. The van der Waals surface area contributed by atoms with Crippen molar-refractivity contribution in [1.82, 2.24) is 14.9 Å². The molecule has 0 aliphatic carbocycles. The fourth-order valence-corrected chi connectivity index (χ4v) is 4.34. The first-order valence-electron chi connectivity index (χ1n) is 9.42. The molecular weight excluding hydrogens is 419 g/mol. The number of rotatable bonds is 6. The Hall–Kier alpha value is -2.24. The molecular formula is C19H24F3N5O2S. The Bertz CT molecular complexity index is 931. The van der Waals surface area contributed by atoms with E-state index in [4.69, 9.17) is 5.73 Å². The maximum atomic E-state index is 13.4. The Kier molecular flexibility index (Phi) is 6.08. The Labute approximate surface area is 176 Å². The zero-order chi connectivity index (χ0) is 22.3. The molecule has 4 N–H and O–H groups in total. The Morgan fingerprint density at radius 3 is 2.77 bits per heavy atom. The number of alkyl halides is 3. The molecule has 1 saturated heterocycles. The molecule has 1 fully saturated rings. The van der Waals surface area contributed by atoms with Crippen LogP contribution in [0.1, 0.15) is 38.1 Å². The number of hydrogen-bond acceptors (Lipinski definition) is 7. The van der Waals surface area contributed by atoms with Crippen molar-refractivity contribution < 1.29 is 23.1 Å². The van der Waals surface area contributed by atoms with Crippen LogP contribution in [-0.4, -0.2) is 51.0 Å². The second-order valence-corrected chi connectivity index (χ2v) is 8.80. The monoisotopic (exact) mass is 443 g/mol. The minimum atomic E-state index is -4.44. The molecule has 11 heteroatoms. The molecule has 0 aromatic carbocycles. The molecule has 1 amide bonds. The first-order valence-corrected chi connectivity index (χ1v) is 10.2. The lowest BCUT2D eigenvalue weighted by molar-refractivity contribution is -0.181. The van der Waals surface area contributed by atoms with Gasteiger partial charge in [0.1, 0.15) is 5.41 Å². The molecule has 3 heterocycles. The number of aliphatic hydroxyl groups is 1. The van der Waals surface area contributed by atoms with E-state index in [1.165, 1.54) is 23.6 Å². The van der Waals surface area contributed by atoms with E-state index in [0.717, 1.165) is 20.3 Å². The number of aromatic nitrogens is 2. The van der Waals surface area contributed by atoms with Crippen molar-refractivity contribution in [2.75, 3.05) is 11.9 Å². The molecule has 1 aliphatic rings. The number of halogens is 3. The molecule has 2 atom stereocenters. The predicted octanol–water partition coefficient (Wildman–Crippen LogP) is 2.99. The number of amides is 1. The normalized spacial score (nSPS) is 19.1. The number of carbonyl (C=O) groups is 1. The third-order valence-electron chi connectivity index (χ3n) is 5.36. The Balaban J connectivity index is 1.83. The van der Waals surface area contributed by atoms with Crippen molar-refractivity contribution in [3.05, 3.63) is 29.7 Å². The van der Waals surface area contributed by atoms with Gasteiger partial charge in [0.25, 0.3) is 0 Å². The van der Waals surface area contributed by atoms with Crippen LogP contribution < -0.4 is 11.1 Å². The maximum Gasteiger partial charge on any atom is 0.399 e. The summed E-state index contributed by atoms with van der Waals surface area (Å²) in [7, 11) is 0. The molecule has 3 rings (SSSR count). The van der Waals surface area contributed by atoms with E-state index < -0.39 is 29.9 Å². The van der Waals surface area contributed by atoms with Crippen LogP contribution in [-0.2, 0) is 10.2 Å². The van der Waals surface area contributed by atoms with Crippen LogP contribution in [0, 0.1) is 6.92 Å². The Morgan fingerprint density at radius 2 is 2.13 bits per heavy atom. The van der Waals surface area contributed by atoms with Gasteiger partial charge in [-0.3, -0.25) is 9.78 Å². The van der Waals surface area contributed by atoms with E-state index in [2.05, 4.69) is 15.3 Å². The highest BCUT2D eigenvalue weighted by molar-refractivity contribution is 7.19. The highest BCUT2D eigenvalue weighted by atomic mass is 32.1. The lowest BCUT2D eigenvalue weighted by atomic mass is 9.87. The summed E-state index contributed by atoms with van der Waals surface area (Å²) >= 11 is 1.20. The molecule has 7 nitrogen and oxygen atoms in total. The van der Waals surface area contributed by atoms with Crippen LogP contribution >= 0.6 is 11.3 Å². The van der Waals surface area contributed by atoms with E-state index >= 15 is 0 Å². The van der Waals surface area contributed by atoms with Gasteiger partial charge in [-0.15, -0.1) is 0 Å². The average molecular weight is 443 g/mol. The quantitative estimate of drug-likeness (QED) is 0.593. The van der Waals surface area contributed by atoms with Crippen LogP contribution in [0.2, 0.25) is 0 Å². The topological polar surface area (TPSA) is 104 Å². The van der Waals surface area contributed by atoms with Crippen LogP contribution in [0.25, 0.3) is 10.4 Å². The number of carbonyl (C=O) groups excluding carboxylic acids is 1. The molecule has 164 valence electrons. The Morgan fingerprint density at radius 1 is 1.43 bits per heavy atom. The van der Waals surface area contributed by atoms with Gasteiger partial charge in [-0.25, -0.2) is 9.88 Å². The van der Waals surface area contributed by atoms with Gasteiger partial charge in [0.15, 0.2) is 11.5 Å². The SMILES string of the molecule is Cc1nc(NC(O)N2CCC[C@H]2C(N)=O)sc1-c1ccnc(C(C)(C)C(F)(F)F)c1. The van der Waals surface area contributed by atoms with E-state index in [1.807, 2.05) is 0 Å². The number of nitrogens with one attached hydrogen (secondary N) is 1. The van der Waals surface area contributed by atoms with Gasteiger partial charge in [0, 0.05) is 12.7 Å². The zero-order valence-corrected chi connectivity index (χ0v) is 17.6. The van der Waals surface area contributed by atoms with Crippen molar-refractivity contribution in [3.8, 4) is 10.4 Å². The summed E-state index contributed by atoms with van der Waals surface area (Å²) in [6, 6.07) is 2.48. The van der Waals surface area contributed by atoms with Gasteiger partial charge in [-0.2, -0.15) is 13.2 Å². The number of thiazole rings is 1. The number of likely N-dealkylation sites (tertiary alicyclic amines) is 1. The number of nitrogens with two attached hydrogens (primary N) is 1. The summed E-state index contributed by atoms with van der Waals surface area (Å²) in [5.41, 5.74) is 4.36. The maximum absolute atomic E-state index is 13.4. The van der Waals surface area contributed by atoms with Crippen LogP contribution in [0.5, 0.6) is 0 Å². The van der Waals surface area contributed by atoms with E-state index in [0.29, 0.717) is 34.2 Å². The van der Waals surface area contributed by atoms with Gasteiger partial charge in [0.2, 0.25) is 5.91 Å². The van der Waals surface area contributed by atoms with Gasteiger partial charge < -0.3 is 16.2 Å². The van der Waals surface area contributed by atoms with E-state index in [-0.39, 0.29) is 5.69 Å². The molecule has 30 heavy (non-hydrogen) atoms. The smallest absolute Gasteiger partial charge is 0.368 e. The summed E-state index contributed by atoms with van der Waals surface area (Å²) in [6.45, 7) is 4.43. The molecule has 0 bridgehead atoms. The minimum Gasteiger partial charge on any atom is -0.368 e. The summed E-state index contributed by atoms with van der Waals surface area (Å²) in [5.74, 6) is -0.499.